The number of nitrogens with one attached hydrogen (secondary N) is 1. The maximum absolute atomic E-state index is 14.1. The van der Waals surface area contributed by atoms with E-state index in [4.69, 9.17) is 21.1 Å². The molecule has 3 rings (SSSR count). The molecule has 2 aromatic rings. The van der Waals surface area contributed by atoms with Crippen molar-refractivity contribution in [1.82, 2.24) is 4.90 Å². The van der Waals surface area contributed by atoms with Crippen LogP contribution in [0.3, 0.4) is 0 Å². The second-order valence-corrected chi connectivity index (χ2v) is 6.46. The van der Waals surface area contributed by atoms with E-state index < -0.39 is 5.82 Å². The quantitative estimate of drug-likeness (QED) is 0.793. The summed E-state index contributed by atoms with van der Waals surface area (Å²) in [7, 11) is 3.07. The highest BCUT2D eigenvalue weighted by molar-refractivity contribution is 6.31. The third-order valence-corrected chi connectivity index (χ3v) is 4.64. The Morgan fingerprint density at radius 3 is 2.65 bits per heavy atom. The number of hydrogen-bond donors (Lipinski definition) is 1. The molecule has 1 saturated carbocycles. The molecule has 0 heterocycles. The Kier molecular flexibility index (Phi) is 5.52. The first-order valence-electron chi connectivity index (χ1n) is 8.26. The molecule has 5 nitrogen and oxygen atoms in total. The van der Waals surface area contributed by atoms with Gasteiger partial charge in [-0.3, -0.25) is 0 Å². The van der Waals surface area contributed by atoms with Gasteiger partial charge in [0.05, 0.1) is 26.5 Å². The van der Waals surface area contributed by atoms with Gasteiger partial charge < -0.3 is 19.7 Å². The van der Waals surface area contributed by atoms with Crippen molar-refractivity contribution in [3.63, 3.8) is 0 Å². The Balaban J connectivity index is 1.80. The fourth-order valence-electron chi connectivity index (χ4n) is 2.70. The molecule has 0 saturated heterocycles. The lowest BCUT2D eigenvalue weighted by Gasteiger charge is -2.24. The SMILES string of the molecule is COc1ccc(NC(=O)N(Cc2c(F)cccc2Cl)C2CC2)c(OC)c1. The van der Waals surface area contributed by atoms with Gasteiger partial charge in [0.2, 0.25) is 0 Å². The minimum atomic E-state index is -0.419. The Labute approximate surface area is 156 Å². The van der Waals surface area contributed by atoms with Crippen molar-refractivity contribution in [2.45, 2.75) is 25.4 Å². The van der Waals surface area contributed by atoms with E-state index in [0.717, 1.165) is 12.8 Å². The molecule has 1 fully saturated rings. The summed E-state index contributed by atoms with van der Waals surface area (Å²) in [6.07, 6.45) is 1.78. The van der Waals surface area contributed by atoms with Gasteiger partial charge in [-0.25, -0.2) is 9.18 Å². The van der Waals surface area contributed by atoms with Gasteiger partial charge >= 0.3 is 6.03 Å². The number of methoxy groups -OCH3 is 2. The predicted molar refractivity (Wildman–Crippen MR) is 98.5 cm³/mol. The van der Waals surface area contributed by atoms with Crippen LogP contribution >= 0.6 is 11.6 Å². The van der Waals surface area contributed by atoms with Crippen LogP contribution in [0.15, 0.2) is 36.4 Å². The van der Waals surface area contributed by atoms with E-state index in [2.05, 4.69) is 5.32 Å². The molecule has 1 aliphatic carbocycles. The Bertz CT molecular complexity index is 791. The van der Waals surface area contributed by atoms with E-state index in [1.807, 2.05) is 0 Å². The first-order valence-corrected chi connectivity index (χ1v) is 8.63. The normalized spacial score (nSPS) is 13.2. The molecule has 2 aromatic carbocycles. The second kappa shape index (κ2) is 7.83. The van der Waals surface area contributed by atoms with E-state index in [9.17, 15) is 9.18 Å². The molecule has 0 radical (unpaired) electrons. The summed E-state index contributed by atoms with van der Waals surface area (Å²) in [4.78, 5) is 14.4. The van der Waals surface area contributed by atoms with Crippen molar-refractivity contribution in [1.29, 1.82) is 0 Å². The lowest BCUT2D eigenvalue weighted by Crippen LogP contribution is -2.36. The third-order valence-electron chi connectivity index (χ3n) is 4.29. The number of rotatable bonds is 6. The first-order chi connectivity index (χ1) is 12.5. The zero-order valence-electron chi connectivity index (χ0n) is 14.6. The van der Waals surface area contributed by atoms with Gasteiger partial charge in [-0.2, -0.15) is 0 Å². The lowest BCUT2D eigenvalue weighted by molar-refractivity contribution is 0.205. The zero-order valence-corrected chi connectivity index (χ0v) is 15.3. The number of halogens is 2. The van der Waals surface area contributed by atoms with Crippen LogP contribution in [0.2, 0.25) is 5.02 Å². The summed E-state index contributed by atoms with van der Waals surface area (Å²) in [5, 5.41) is 3.14. The fraction of sp³-hybridized carbons (Fsp3) is 0.316. The molecule has 0 unspecified atom stereocenters. The number of amides is 2. The number of ether oxygens (including phenoxy) is 2. The van der Waals surface area contributed by atoms with Crippen molar-refractivity contribution in [3.05, 3.63) is 52.8 Å². The highest BCUT2D eigenvalue weighted by atomic mass is 35.5. The fourth-order valence-corrected chi connectivity index (χ4v) is 2.92. The van der Waals surface area contributed by atoms with Gasteiger partial charge in [0, 0.05) is 22.7 Å². The van der Waals surface area contributed by atoms with Gasteiger partial charge in [0.1, 0.15) is 17.3 Å². The summed E-state index contributed by atoms with van der Waals surface area (Å²) in [5.74, 6) is 0.687. The van der Waals surface area contributed by atoms with E-state index in [-0.39, 0.29) is 18.6 Å². The molecule has 1 N–H and O–H groups in total. The monoisotopic (exact) mass is 378 g/mol. The topological polar surface area (TPSA) is 50.8 Å². The highest BCUT2D eigenvalue weighted by Gasteiger charge is 2.34. The van der Waals surface area contributed by atoms with Crippen molar-refractivity contribution in [3.8, 4) is 11.5 Å². The Hall–Kier alpha value is -2.47. The van der Waals surface area contributed by atoms with Crippen LogP contribution in [0.5, 0.6) is 11.5 Å². The Morgan fingerprint density at radius 1 is 1.27 bits per heavy atom. The van der Waals surface area contributed by atoms with E-state index in [1.54, 1.807) is 42.3 Å². The summed E-state index contributed by atoms with van der Waals surface area (Å²) < 4.78 is 24.6. The van der Waals surface area contributed by atoms with Crippen LogP contribution in [0, 0.1) is 5.82 Å². The van der Waals surface area contributed by atoms with Crippen molar-refractivity contribution in [2.75, 3.05) is 19.5 Å². The number of anilines is 1. The number of hydrogen-bond acceptors (Lipinski definition) is 3. The first kappa shape index (κ1) is 18.3. The van der Waals surface area contributed by atoms with E-state index in [0.29, 0.717) is 27.8 Å². The zero-order chi connectivity index (χ0) is 18.7. The predicted octanol–water partition coefficient (Wildman–Crippen LogP) is 4.69. The summed E-state index contributed by atoms with van der Waals surface area (Å²) in [6, 6.07) is 9.39. The second-order valence-electron chi connectivity index (χ2n) is 6.06. The van der Waals surface area contributed by atoms with Gasteiger partial charge in [-0.05, 0) is 37.1 Å². The van der Waals surface area contributed by atoms with Crippen molar-refractivity contribution in [2.24, 2.45) is 0 Å². The number of nitrogens with zero attached hydrogens (tertiary/aromatic N) is 1. The standard InChI is InChI=1S/C19H20ClFN2O3/c1-25-13-8-9-17(18(10-13)26-2)22-19(24)23(12-6-7-12)11-14-15(20)4-3-5-16(14)21/h3-5,8-10,12H,6-7,11H2,1-2H3,(H,22,24). The molecule has 2 amide bonds. The molecule has 7 heteroatoms. The molecular formula is C19H20ClFN2O3. The van der Waals surface area contributed by atoms with Crippen LogP contribution in [0.25, 0.3) is 0 Å². The average molecular weight is 379 g/mol. The lowest BCUT2D eigenvalue weighted by atomic mass is 10.2. The van der Waals surface area contributed by atoms with Gasteiger partial charge in [0.25, 0.3) is 0 Å². The summed E-state index contributed by atoms with van der Waals surface area (Å²) in [5.41, 5.74) is 0.835. The molecule has 138 valence electrons. The van der Waals surface area contributed by atoms with Crippen LogP contribution in [-0.2, 0) is 6.54 Å². The molecule has 0 bridgehead atoms. The van der Waals surface area contributed by atoms with E-state index >= 15 is 0 Å². The number of urea groups is 1. The number of carbonyl (C=O) groups is 1. The number of benzene rings is 2. The molecule has 0 aliphatic heterocycles. The molecule has 0 spiro atoms. The molecule has 1 aliphatic rings. The van der Waals surface area contributed by atoms with Crippen molar-refractivity contribution < 1.29 is 18.7 Å². The van der Waals surface area contributed by atoms with E-state index in [1.165, 1.54) is 13.2 Å². The van der Waals surface area contributed by atoms with Crippen LogP contribution in [0.1, 0.15) is 18.4 Å². The minimum Gasteiger partial charge on any atom is -0.497 e. The summed E-state index contributed by atoms with van der Waals surface area (Å²) >= 11 is 6.11. The maximum Gasteiger partial charge on any atom is 0.322 e. The summed E-state index contributed by atoms with van der Waals surface area (Å²) in [6.45, 7) is 0.112. The molecule has 0 atom stereocenters. The smallest absolute Gasteiger partial charge is 0.322 e. The molecular weight excluding hydrogens is 359 g/mol. The molecule has 26 heavy (non-hydrogen) atoms. The van der Waals surface area contributed by atoms with Gasteiger partial charge in [0.15, 0.2) is 0 Å². The van der Waals surface area contributed by atoms with Crippen molar-refractivity contribution >= 4 is 23.3 Å². The highest BCUT2D eigenvalue weighted by Crippen LogP contribution is 2.33. The minimum absolute atomic E-state index is 0.0786. The average Bonchev–Trinajstić information content (AvgIpc) is 3.46. The third kappa shape index (κ3) is 4.02. The maximum atomic E-state index is 14.1. The van der Waals surface area contributed by atoms with Gasteiger partial charge in [-0.1, -0.05) is 17.7 Å². The van der Waals surface area contributed by atoms with Crippen LogP contribution < -0.4 is 14.8 Å². The molecule has 0 aromatic heterocycles. The number of carbonyl (C=O) groups excluding carboxylic acids is 1. The largest absolute Gasteiger partial charge is 0.497 e. The van der Waals surface area contributed by atoms with Crippen LogP contribution in [-0.4, -0.2) is 31.2 Å². The van der Waals surface area contributed by atoms with Crippen LogP contribution in [0.4, 0.5) is 14.9 Å². The van der Waals surface area contributed by atoms with Gasteiger partial charge in [-0.15, -0.1) is 0 Å². The Morgan fingerprint density at radius 2 is 2.04 bits per heavy atom.